The van der Waals surface area contributed by atoms with E-state index in [9.17, 15) is 0 Å². The van der Waals surface area contributed by atoms with Gasteiger partial charge in [0.1, 0.15) is 5.69 Å². The SMILES string of the molecule is CC1CN(c2n[nH]c(-c3ncccc3Br)n2)CC(C)N1. The van der Waals surface area contributed by atoms with Gasteiger partial charge in [0.05, 0.1) is 0 Å². The Morgan fingerprint density at radius 2 is 2.05 bits per heavy atom. The zero-order chi connectivity index (χ0) is 14.1. The number of halogens is 1. The van der Waals surface area contributed by atoms with Crippen LogP contribution in [-0.4, -0.2) is 45.3 Å². The predicted octanol–water partition coefficient (Wildman–Crippen LogP) is 1.82. The molecule has 1 aliphatic rings. The Labute approximate surface area is 126 Å². The third kappa shape index (κ3) is 2.69. The van der Waals surface area contributed by atoms with Crippen molar-refractivity contribution < 1.29 is 0 Å². The molecule has 6 nitrogen and oxygen atoms in total. The lowest BCUT2D eigenvalue weighted by Gasteiger charge is -2.35. The van der Waals surface area contributed by atoms with Crippen LogP contribution in [0.3, 0.4) is 0 Å². The molecule has 0 bridgehead atoms. The minimum absolute atomic E-state index is 0.433. The van der Waals surface area contributed by atoms with Crippen molar-refractivity contribution in [1.82, 2.24) is 25.5 Å². The monoisotopic (exact) mass is 336 g/mol. The highest BCUT2D eigenvalue weighted by Gasteiger charge is 2.24. The normalized spacial score (nSPS) is 23.1. The first-order valence-electron chi connectivity index (χ1n) is 6.68. The minimum Gasteiger partial charge on any atom is -0.336 e. The van der Waals surface area contributed by atoms with Crippen LogP contribution >= 0.6 is 15.9 Å². The van der Waals surface area contributed by atoms with Gasteiger partial charge in [-0.25, -0.2) is 0 Å². The van der Waals surface area contributed by atoms with Gasteiger partial charge in [-0.3, -0.25) is 10.1 Å². The maximum atomic E-state index is 4.57. The van der Waals surface area contributed by atoms with Gasteiger partial charge in [-0.2, -0.15) is 4.98 Å². The topological polar surface area (TPSA) is 69.7 Å². The van der Waals surface area contributed by atoms with Crippen molar-refractivity contribution in [3.63, 3.8) is 0 Å². The van der Waals surface area contributed by atoms with E-state index in [1.807, 2.05) is 12.1 Å². The van der Waals surface area contributed by atoms with E-state index >= 15 is 0 Å². The van der Waals surface area contributed by atoms with Crippen LogP contribution in [0.15, 0.2) is 22.8 Å². The summed E-state index contributed by atoms with van der Waals surface area (Å²) in [7, 11) is 0. The molecule has 2 unspecified atom stereocenters. The summed E-state index contributed by atoms with van der Waals surface area (Å²) in [4.78, 5) is 11.1. The van der Waals surface area contributed by atoms with Crippen LogP contribution < -0.4 is 10.2 Å². The number of hydrogen-bond acceptors (Lipinski definition) is 5. The first-order valence-corrected chi connectivity index (χ1v) is 7.47. The van der Waals surface area contributed by atoms with E-state index in [4.69, 9.17) is 0 Å². The van der Waals surface area contributed by atoms with Crippen molar-refractivity contribution in [3.05, 3.63) is 22.8 Å². The Morgan fingerprint density at radius 3 is 2.75 bits per heavy atom. The molecule has 20 heavy (non-hydrogen) atoms. The standard InChI is InChI=1S/C13H17BrN6/c1-8-6-20(7-9(2)16-8)13-17-12(18-19-13)11-10(14)4-3-5-15-11/h3-5,8-9,16H,6-7H2,1-2H3,(H,17,18,19). The second-order valence-corrected chi connectivity index (χ2v) is 6.05. The van der Waals surface area contributed by atoms with Gasteiger partial charge in [0.15, 0.2) is 5.82 Å². The van der Waals surface area contributed by atoms with E-state index < -0.39 is 0 Å². The van der Waals surface area contributed by atoms with Crippen molar-refractivity contribution in [2.75, 3.05) is 18.0 Å². The summed E-state index contributed by atoms with van der Waals surface area (Å²) >= 11 is 3.48. The molecule has 106 valence electrons. The number of pyridine rings is 1. The second-order valence-electron chi connectivity index (χ2n) is 5.19. The Kier molecular flexibility index (Phi) is 3.71. The van der Waals surface area contributed by atoms with Gasteiger partial charge >= 0.3 is 0 Å². The molecule has 2 aromatic rings. The molecule has 3 heterocycles. The van der Waals surface area contributed by atoms with Crippen LogP contribution in [0.4, 0.5) is 5.95 Å². The molecule has 0 spiro atoms. The number of hydrogen-bond donors (Lipinski definition) is 2. The molecular weight excluding hydrogens is 320 g/mol. The Hall–Kier alpha value is -1.47. The summed E-state index contributed by atoms with van der Waals surface area (Å²) in [6.07, 6.45) is 1.75. The minimum atomic E-state index is 0.433. The summed E-state index contributed by atoms with van der Waals surface area (Å²) in [5.74, 6) is 1.42. The Bertz CT molecular complexity index is 588. The summed E-state index contributed by atoms with van der Waals surface area (Å²) in [6.45, 7) is 6.16. The summed E-state index contributed by atoms with van der Waals surface area (Å²) < 4.78 is 0.907. The maximum Gasteiger partial charge on any atom is 0.245 e. The number of nitrogens with one attached hydrogen (secondary N) is 2. The molecule has 7 heteroatoms. The van der Waals surface area contributed by atoms with Crippen LogP contribution in [-0.2, 0) is 0 Å². The lowest BCUT2D eigenvalue weighted by atomic mass is 10.1. The average Bonchev–Trinajstić information content (AvgIpc) is 2.87. The molecule has 2 N–H and O–H groups in total. The number of rotatable bonds is 2. The molecule has 0 amide bonds. The fourth-order valence-corrected chi connectivity index (χ4v) is 2.99. The maximum absolute atomic E-state index is 4.57. The van der Waals surface area contributed by atoms with E-state index in [1.165, 1.54) is 0 Å². The van der Waals surface area contributed by atoms with Gasteiger partial charge in [-0.1, -0.05) is 0 Å². The number of aromatic amines is 1. The molecule has 1 aliphatic heterocycles. The molecule has 3 rings (SSSR count). The van der Waals surface area contributed by atoms with E-state index in [0.717, 1.165) is 29.2 Å². The fraction of sp³-hybridized carbons (Fsp3) is 0.462. The van der Waals surface area contributed by atoms with Crippen molar-refractivity contribution in [3.8, 4) is 11.5 Å². The molecule has 0 aliphatic carbocycles. The molecule has 2 atom stereocenters. The number of piperazine rings is 1. The highest BCUT2D eigenvalue weighted by molar-refractivity contribution is 9.10. The lowest BCUT2D eigenvalue weighted by Crippen LogP contribution is -2.54. The van der Waals surface area contributed by atoms with Crippen molar-refractivity contribution in [2.45, 2.75) is 25.9 Å². The van der Waals surface area contributed by atoms with Crippen molar-refractivity contribution in [2.24, 2.45) is 0 Å². The molecule has 0 radical (unpaired) electrons. The summed E-state index contributed by atoms with van der Waals surface area (Å²) in [6, 6.07) is 4.69. The van der Waals surface area contributed by atoms with Crippen molar-refractivity contribution >= 4 is 21.9 Å². The van der Waals surface area contributed by atoms with Crippen LogP contribution in [0.2, 0.25) is 0 Å². The van der Waals surface area contributed by atoms with Gasteiger partial charge in [0.25, 0.3) is 0 Å². The molecule has 0 aromatic carbocycles. The quantitative estimate of drug-likeness (QED) is 0.875. The number of anilines is 1. The summed E-state index contributed by atoms with van der Waals surface area (Å²) in [5, 5.41) is 10.8. The van der Waals surface area contributed by atoms with E-state index in [0.29, 0.717) is 17.9 Å². The first-order chi connectivity index (χ1) is 9.63. The van der Waals surface area contributed by atoms with Gasteiger partial charge in [0.2, 0.25) is 5.95 Å². The van der Waals surface area contributed by atoms with Crippen molar-refractivity contribution in [1.29, 1.82) is 0 Å². The van der Waals surface area contributed by atoms with Crippen LogP contribution in [0.5, 0.6) is 0 Å². The third-order valence-corrected chi connectivity index (χ3v) is 3.94. The zero-order valence-electron chi connectivity index (χ0n) is 11.5. The van der Waals surface area contributed by atoms with Gasteiger partial charge < -0.3 is 10.2 Å². The molecule has 1 fully saturated rings. The molecular formula is C13H17BrN6. The number of nitrogens with zero attached hydrogens (tertiary/aromatic N) is 4. The summed E-state index contributed by atoms with van der Waals surface area (Å²) in [5.41, 5.74) is 0.780. The highest BCUT2D eigenvalue weighted by Crippen LogP contribution is 2.24. The van der Waals surface area contributed by atoms with Gasteiger partial charge in [0, 0.05) is 35.8 Å². The third-order valence-electron chi connectivity index (χ3n) is 3.30. The molecule has 2 aromatic heterocycles. The smallest absolute Gasteiger partial charge is 0.245 e. The van der Waals surface area contributed by atoms with Crippen LogP contribution in [0.1, 0.15) is 13.8 Å². The van der Waals surface area contributed by atoms with Crippen LogP contribution in [0.25, 0.3) is 11.5 Å². The van der Waals surface area contributed by atoms with Crippen LogP contribution in [0, 0.1) is 0 Å². The van der Waals surface area contributed by atoms with Gasteiger partial charge in [-0.05, 0) is 41.9 Å². The van der Waals surface area contributed by atoms with E-state index in [2.05, 4.69) is 60.2 Å². The highest BCUT2D eigenvalue weighted by atomic mass is 79.9. The lowest BCUT2D eigenvalue weighted by molar-refractivity contribution is 0.403. The molecule has 1 saturated heterocycles. The Morgan fingerprint density at radius 1 is 1.30 bits per heavy atom. The largest absolute Gasteiger partial charge is 0.336 e. The average molecular weight is 337 g/mol. The zero-order valence-corrected chi connectivity index (χ0v) is 13.1. The van der Waals surface area contributed by atoms with E-state index in [-0.39, 0.29) is 0 Å². The molecule has 0 saturated carbocycles. The Balaban J connectivity index is 1.85. The fourth-order valence-electron chi connectivity index (χ4n) is 2.55. The predicted molar refractivity (Wildman–Crippen MR) is 81.6 cm³/mol. The second kappa shape index (κ2) is 5.49. The van der Waals surface area contributed by atoms with E-state index in [1.54, 1.807) is 6.20 Å². The first kappa shape index (κ1) is 13.5. The van der Waals surface area contributed by atoms with Gasteiger partial charge in [-0.15, -0.1) is 5.10 Å². The number of H-pyrrole nitrogens is 1. The number of aromatic nitrogens is 4.